The van der Waals surface area contributed by atoms with E-state index in [0.29, 0.717) is 12.5 Å². The summed E-state index contributed by atoms with van der Waals surface area (Å²) in [5.74, 6) is 1.41. The first kappa shape index (κ1) is 19.2. The number of hydrogen-bond donors (Lipinski definition) is 2. The number of H-pyrrole nitrogens is 1. The fourth-order valence-corrected chi connectivity index (χ4v) is 4.48. The number of imidazole rings is 1. The van der Waals surface area contributed by atoms with Gasteiger partial charge < -0.3 is 24.6 Å². The molecule has 1 aromatic heterocycles. The number of carbonyl (C=O) groups excluding carboxylic acids is 1. The molecule has 2 atom stereocenters. The number of carbonyl (C=O) groups is 2. The Hall–Kier alpha value is -2.09. The number of aromatic amines is 1. The van der Waals surface area contributed by atoms with Crippen molar-refractivity contribution in [3.63, 3.8) is 0 Å². The molecule has 0 bridgehead atoms. The molecule has 2 amide bonds. The minimum atomic E-state index is -1.00. The molecule has 0 unspecified atom stereocenters. The Bertz CT molecular complexity index is 711. The maximum Gasteiger partial charge on any atom is 0.407 e. The van der Waals surface area contributed by atoms with Gasteiger partial charge in [0, 0.05) is 18.5 Å². The Morgan fingerprint density at radius 2 is 2.04 bits per heavy atom. The predicted molar refractivity (Wildman–Crippen MR) is 102 cm³/mol. The third-order valence-electron chi connectivity index (χ3n) is 6.28. The van der Waals surface area contributed by atoms with Gasteiger partial charge in [-0.05, 0) is 32.6 Å². The number of nitrogens with one attached hydrogen (secondary N) is 1. The number of nitrogens with zero attached hydrogens (tertiary/aromatic N) is 3. The molecule has 3 fully saturated rings. The Labute approximate surface area is 165 Å². The van der Waals surface area contributed by atoms with Crippen molar-refractivity contribution in [2.45, 2.75) is 76.0 Å². The van der Waals surface area contributed by atoms with E-state index in [9.17, 15) is 14.7 Å². The van der Waals surface area contributed by atoms with E-state index in [2.05, 4.69) is 9.97 Å². The van der Waals surface area contributed by atoms with Gasteiger partial charge in [-0.2, -0.15) is 0 Å². The minimum Gasteiger partial charge on any atom is -0.465 e. The van der Waals surface area contributed by atoms with Crippen molar-refractivity contribution in [2.75, 3.05) is 19.7 Å². The van der Waals surface area contributed by atoms with Crippen LogP contribution in [0.5, 0.6) is 0 Å². The smallest absolute Gasteiger partial charge is 0.407 e. The second-order valence-electron chi connectivity index (χ2n) is 8.30. The number of ether oxygens (including phenoxy) is 1. The lowest BCUT2D eigenvalue weighted by Gasteiger charge is -2.36. The topological polar surface area (TPSA) is 98.8 Å². The molecule has 8 nitrogen and oxygen atoms in total. The van der Waals surface area contributed by atoms with E-state index < -0.39 is 12.2 Å². The van der Waals surface area contributed by atoms with E-state index in [0.717, 1.165) is 24.4 Å². The highest BCUT2D eigenvalue weighted by atomic mass is 16.5. The van der Waals surface area contributed by atoms with Gasteiger partial charge in [-0.15, -0.1) is 0 Å². The summed E-state index contributed by atoms with van der Waals surface area (Å²) in [5, 5.41) is 9.24. The zero-order chi connectivity index (χ0) is 19.7. The van der Waals surface area contributed by atoms with E-state index in [1.165, 1.54) is 37.0 Å². The van der Waals surface area contributed by atoms with Gasteiger partial charge in [0.05, 0.1) is 31.1 Å². The van der Waals surface area contributed by atoms with Crippen LogP contribution in [0.3, 0.4) is 0 Å². The standard InChI is InChI=1S/C20H30N4O4/c1-13(16-11-21-18(22-16)14-5-3-2-4-6-14)24(15-7-8-15)19(25)17-12-23(20(26)27)9-10-28-17/h11,13-15,17H,2-10,12H2,1H3,(H,21,22)(H,26,27)/t13-,17-/m1/s1. The molecule has 0 spiro atoms. The predicted octanol–water partition coefficient (Wildman–Crippen LogP) is 2.89. The number of morpholine rings is 1. The van der Waals surface area contributed by atoms with Gasteiger partial charge >= 0.3 is 6.09 Å². The van der Waals surface area contributed by atoms with E-state index in [-0.39, 0.29) is 31.1 Å². The second-order valence-corrected chi connectivity index (χ2v) is 8.30. The van der Waals surface area contributed by atoms with Gasteiger partial charge in [-0.3, -0.25) is 4.79 Å². The molecular formula is C20H30N4O4. The van der Waals surface area contributed by atoms with Crippen molar-refractivity contribution < 1.29 is 19.4 Å². The summed E-state index contributed by atoms with van der Waals surface area (Å²) >= 11 is 0. The summed E-state index contributed by atoms with van der Waals surface area (Å²) < 4.78 is 5.64. The van der Waals surface area contributed by atoms with E-state index in [4.69, 9.17) is 4.74 Å². The van der Waals surface area contributed by atoms with Crippen molar-refractivity contribution >= 4 is 12.0 Å². The molecule has 2 saturated carbocycles. The molecule has 0 radical (unpaired) electrons. The molecule has 1 saturated heterocycles. The molecule has 3 aliphatic rings. The Balaban J connectivity index is 1.47. The molecule has 4 rings (SSSR count). The zero-order valence-electron chi connectivity index (χ0n) is 16.5. The molecule has 2 heterocycles. The quantitative estimate of drug-likeness (QED) is 0.805. The van der Waals surface area contributed by atoms with Gasteiger partial charge in [-0.25, -0.2) is 9.78 Å². The van der Waals surface area contributed by atoms with Crippen LogP contribution in [0, 0.1) is 0 Å². The average Bonchev–Trinajstić information content (AvgIpc) is 3.42. The van der Waals surface area contributed by atoms with Crippen LogP contribution >= 0.6 is 0 Å². The number of amides is 2. The fourth-order valence-electron chi connectivity index (χ4n) is 4.48. The highest BCUT2D eigenvalue weighted by Gasteiger charge is 2.41. The molecule has 28 heavy (non-hydrogen) atoms. The lowest BCUT2D eigenvalue weighted by Crippen LogP contribution is -2.53. The lowest BCUT2D eigenvalue weighted by atomic mass is 9.89. The maximum absolute atomic E-state index is 13.2. The second kappa shape index (κ2) is 8.11. The van der Waals surface area contributed by atoms with Gasteiger partial charge in [0.25, 0.3) is 5.91 Å². The third kappa shape index (κ3) is 4.01. The Morgan fingerprint density at radius 3 is 2.71 bits per heavy atom. The summed E-state index contributed by atoms with van der Waals surface area (Å²) in [6.45, 7) is 2.68. The molecule has 2 aliphatic carbocycles. The summed E-state index contributed by atoms with van der Waals surface area (Å²) in [5.41, 5.74) is 0.951. The molecule has 1 aliphatic heterocycles. The molecule has 2 N–H and O–H groups in total. The van der Waals surface area contributed by atoms with E-state index >= 15 is 0 Å². The minimum absolute atomic E-state index is 0.0976. The van der Waals surface area contributed by atoms with Gasteiger partial charge in [0.15, 0.2) is 6.10 Å². The number of carboxylic acid groups (broad SMARTS) is 1. The lowest BCUT2D eigenvalue weighted by molar-refractivity contribution is -0.151. The zero-order valence-corrected chi connectivity index (χ0v) is 16.5. The molecule has 1 aromatic rings. The summed E-state index contributed by atoms with van der Waals surface area (Å²) in [6, 6.07) is 0.0707. The number of aromatic nitrogens is 2. The Kier molecular flexibility index (Phi) is 5.57. The molecular weight excluding hydrogens is 360 g/mol. The van der Waals surface area contributed by atoms with Crippen LogP contribution in [0.4, 0.5) is 4.79 Å². The van der Waals surface area contributed by atoms with Crippen LogP contribution in [-0.4, -0.2) is 68.7 Å². The van der Waals surface area contributed by atoms with Crippen molar-refractivity contribution in [2.24, 2.45) is 0 Å². The third-order valence-corrected chi connectivity index (χ3v) is 6.28. The maximum atomic E-state index is 13.2. The number of hydrogen-bond acceptors (Lipinski definition) is 4. The van der Waals surface area contributed by atoms with Crippen LogP contribution in [0.2, 0.25) is 0 Å². The van der Waals surface area contributed by atoms with Crippen molar-refractivity contribution in [3.8, 4) is 0 Å². The van der Waals surface area contributed by atoms with Crippen molar-refractivity contribution in [1.82, 2.24) is 19.8 Å². The number of rotatable bonds is 5. The van der Waals surface area contributed by atoms with Crippen LogP contribution in [0.15, 0.2) is 6.20 Å². The first-order chi connectivity index (χ1) is 13.5. The normalized spacial score (nSPS) is 24.8. The molecule has 154 valence electrons. The largest absolute Gasteiger partial charge is 0.465 e. The molecule has 8 heteroatoms. The summed E-state index contributed by atoms with van der Waals surface area (Å²) in [7, 11) is 0. The average molecular weight is 390 g/mol. The first-order valence-corrected chi connectivity index (χ1v) is 10.5. The summed E-state index contributed by atoms with van der Waals surface area (Å²) in [6.07, 6.45) is 8.25. The molecule has 0 aromatic carbocycles. The monoisotopic (exact) mass is 390 g/mol. The SMILES string of the molecule is C[C@H](c1cnc(C2CCCCC2)[nH]1)N(C(=O)[C@H]1CN(C(=O)O)CCO1)C1CC1. The van der Waals surface area contributed by atoms with Gasteiger partial charge in [-0.1, -0.05) is 19.3 Å². The van der Waals surface area contributed by atoms with E-state index in [1.54, 1.807) is 0 Å². The fraction of sp³-hybridized carbons (Fsp3) is 0.750. The van der Waals surface area contributed by atoms with E-state index in [1.807, 2.05) is 18.0 Å². The highest BCUT2D eigenvalue weighted by Crippen LogP contribution is 2.36. The van der Waals surface area contributed by atoms with Gasteiger partial charge in [0.1, 0.15) is 5.82 Å². The van der Waals surface area contributed by atoms with Crippen LogP contribution in [0.1, 0.15) is 75.3 Å². The summed E-state index contributed by atoms with van der Waals surface area (Å²) in [4.78, 5) is 35.7. The Morgan fingerprint density at radius 1 is 1.29 bits per heavy atom. The van der Waals surface area contributed by atoms with Crippen LogP contribution in [0.25, 0.3) is 0 Å². The highest BCUT2D eigenvalue weighted by molar-refractivity contribution is 5.83. The van der Waals surface area contributed by atoms with Crippen LogP contribution in [-0.2, 0) is 9.53 Å². The van der Waals surface area contributed by atoms with Crippen LogP contribution < -0.4 is 0 Å². The van der Waals surface area contributed by atoms with Gasteiger partial charge in [0.2, 0.25) is 0 Å². The van der Waals surface area contributed by atoms with Crippen molar-refractivity contribution in [3.05, 3.63) is 17.7 Å². The first-order valence-electron chi connectivity index (χ1n) is 10.5. The van der Waals surface area contributed by atoms with Crippen molar-refractivity contribution in [1.29, 1.82) is 0 Å².